The van der Waals surface area contributed by atoms with Crippen molar-refractivity contribution in [2.45, 2.75) is 25.9 Å². The fourth-order valence-corrected chi connectivity index (χ4v) is 5.28. The lowest BCUT2D eigenvalue weighted by molar-refractivity contribution is 0.194. The van der Waals surface area contributed by atoms with E-state index < -0.39 is 6.04 Å². The van der Waals surface area contributed by atoms with Crippen molar-refractivity contribution in [2.75, 3.05) is 12.4 Å². The molecule has 0 radical (unpaired) electrons. The van der Waals surface area contributed by atoms with Gasteiger partial charge in [0.15, 0.2) is 0 Å². The molecule has 0 unspecified atom stereocenters. The number of amides is 2. The smallest absolute Gasteiger partial charge is 0.323 e. The van der Waals surface area contributed by atoms with E-state index >= 15 is 0 Å². The summed E-state index contributed by atoms with van der Waals surface area (Å²) in [6, 6.07) is 26.8. The van der Waals surface area contributed by atoms with Crippen LogP contribution < -0.4 is 10.1 Å². The zero-order valence-corrected chi connectivity index (χ0v) is 21.7. The van der Waals surface area contributed by atoms with E-state index in [4.69, 9.17) is 9.84 Å². The number of benzene rings is 3. The maximum Gasteiger partial charge on any atom is 0.323 e. The van der Waals surface area contributed by atoms with Crippen molar-refractivity contribution in [3.63, 3.8) is 0 Å². The number of aryl methyl sites for hydroxylation is 1. The summed E-state index contributed by atoms with van der Waals surface area (Å²) in [4.78, 5) is 15.9. The number of urea groups is 1. The average Bonchev–Trinajstić information content (AvgIpc) is 3.55. The first kappa shape index (κ1) is 24.5. The number of carbonyl (C=O) groups excluding carboxylic acids is 1. The minimum Gasteiger partial charge on any atom is -0.495 e. The molecule has 5 aromatic rings. The van der Waals surface area contributed by atoms with Gasteiger partial charge in [-0.15, -0.1) is 0 Å². The summed E-state index contributed by atoms with van der Waals surface area (Å²) in [6.07, 6.45) is 2.69. The van der Waals surface area contributed by atoms with Crippen molar-refractivity contribution in [1.29, 1.82) is 0 Å². The van der Waals surface area contributed by atoms with Gasteiger partial charge in [-0.1, -0.05) is 49.4 Å². The van der Waals surface area contributed by atoms with Gasteiger partial charge in [0.2, 0.25) is 0 Å². The second kappa shape index (κ2) is 10.1. The highest BCUT2D eigenvalue weighted by molar-refractivity contribution is 5.91. The highest BCUT2D eigenvalue weighted by atomic mass is 19.1. The number of nitrogens with one attached hydrogen (secondary N) is 1. The molecule has 2 aromatic heterocycles. The van der Waals surface area contributed by atoms with Crippen molar-refractivity contribution in [1.82, 2.24) is 19.2 Å². The van der Waals surface area contributed by atoms with Crippen LogP contribution in [0.3, 0.4) is 0 Å². The predicted octanol–water partition coefficient (Wildman–Crippen LogP) is 6.51. The molecule has 1 atom stereocenters. The molecule has 3 aromatic carbocycles. The Morgan fingerprint density at radius 1 is 1.00 bits per heavy atom. The molecule has 1 N–H and O–H groups in total. The van der Waals surface area contributed by atoms with E-state index in [1.807, 2.05) is 65.5 Å². The monoisotopic (exact) mass is 521 g/mol. The summed E-state index contributed by atoms with van der Waals surface area (Å²) < 4.78 is 23.5. The quantitative estimate of drug-likeness (QED) is 0.287. The molecule has 8 heteroatoms. The first-order chi connectivity index (χ1) is 19.1. The SMILES string of the molecule is CCc1nn(-c2ccccc2)c2c1CN(C(=O)Nc1ccccc1OC)[C@H](c1ccc(F)cc1)c1cccn1-2. The summed E-state index contributed by atoms with van der Waals surface area (Å²) in [7, 11) is 1.57. The van der Waals surface area contributed by atoms with E-state index in [0.29, 0.717) is 24.4 Å². The molecule has 0 saturated carbocycles. The number of rotatable bonds is 5. The highest BCUT2D eigenvalue weighted by Gasteiger charge is 2.36. The number of aromatic nitrogens is 3. The van der Waals surface area contributed by atoms with Gasteiger partial charge in [-0.3, -0.25) is 0 Å². The van der Waals surface area contributed by atoms with Gasteiger partial charge < -0.3 is 19.5 Å². The number of halogens is 1. The molecule has 39 heavy (non-hydrogen) atoms. The Morgan fingerprint density at radius 3 is 2.49 bits per heavy atom. The molecule has 1 aliphatic heterocycles. The van der Waals surface area contributed by atoms with Crippen LogP contribution in [-0.4, -0.2) is 32.4 Å². The average molecular weight is 522 g/mol. The normalized spacial score (nSPS) is 14.3. The molecule has 2 amide bonds. The first-order valence-corrected chi connectivity index (χ1v) is 12.9. The van der Waals surface area contributed by atoms with Crippen molar-refractivity contribution >= 4 is 11.7 Å². The maximum atomic E-state index is 14.1. The van der Waals surface area contributed by atoms with Crippen LogP contribution in [-0.2, 0) is 13.0 Å². The number of ether oxygens (including phenoxy) is 1. The first-order valence-electron chi connectivity index (χ1n) is 12.9. The second-order valence-corrected chi connectivity index (χ2v) is 9.37. The van der Waals surface area contributed by atoms with Crippen LogP contribution in [0.15, 0.2) is 97.2 Å². The minimum atomic E-state index is -0.489. The van der Waals surface area contributed by atoms with E-state index in [1.165, 1.54) is 12.1 Å². The highest BCUT2D eigenvalue weighted by Crippen LogP contribution is 2.39. The molecule has 196 valence electrons. The molecular formula is C31H28FN5O2. The van der Waals surface area contributed by atoms with Crippen LogP contribution in [0.2, 0.25) is 0 Å². The van der Waals surface area contributed by atoms with Crippen LogP contribution in [0.5, 0.6) is 5.75 Å². The Morgan fingerprint density at radius 2 is 1.74 bits per heavy atom. The third-order valence-corrected chi connectivity index (χ3v) is 7.10. The zero-order valence-electron chi connectivity index (χ0n) is 21.7. The molecule has 1 aliphatic rings. The third-order valence-electron chi connectivity index (χ3n) is 7.10. The van der Waals surface area contributed by atoms with Crippen LogP contribution in [0.1, 0.15) is 35.5 Å². The summed E-state index contributed by atoms with van der Waals surface area (Å²) in [5, 5.41) is 8.03. The summed E-state index contributed by atoms with van der Waals surface area (Å²) in [6.45, 7) is 2.37. The van der Waals surface area contributed by atoms with Gasteiger partial charge in [0.05, 0.1) is 42.5 Å². The predicted molar refractivity (Wildman–Crippen MR) is 148 cm³/mol. The van der Waals surface area contributed by atoms with Crippen LogP contribution in [0.4, 0.5) is 14.9 Å². The Balaban J connectivity index is 1.55. The molecule has 0 saturated heterocycles. The number of hydrogen-bond donors (Lipinski definition) is 1. The molecular weight excluding hydrogens is 493 g/mol. The lowest BCUT2D eigenvalue weighted by Gasteiger charge is -2.31. The third kappa shape index (κ3) is 4.33. The fourth-order valence-electron chi connectivity index (χ4n) is 5.28. The van der Waals surface area contributed by atoms with Gasteiger partial charge in [-0.25, -0.2) is 13.9 Å². The van der Waals surface area contributed by atoms with Crippen LogP contribution >= 0.6 is 0 Å². The molecule has 7 nitrogen and oxygen atoms in total. The van der Waals surface area contributed by atoms with E-state index in [9.17, 15) is 9.18 Å². The van der Waals surface area contributed by atoms with Gasteiger partial charge in [0, 0.05) is 11.8 Å². The lowest BCUT2D eigenvalue weighted by atomic mass is 10.0. The number of carbonyl (C=O) groups is 1. The number of nitrogens with zero attached hydrogens (tertiary/aromatic N) is 4. The molecule has 0 bridgehead atoms. The summed E-state index contributed by atoms with van der Waals surface area (Å²) >= 11 is 0. The topological polar surface area (TPSA) is 64.3 Å². The molecule has 3 heterocycles. The number of anilines is 1. The standard InChI is InChI=1S/C31H28FN5O2/c1-3-25-24-20-36(31(38)33-26-12-7-8-14-28(26)39-2)29(21-15-17-22(32)18-16-21)27-13-9-19-35(27)30(24)37(34-25)23-10-5-4-6-11-23/h4-19,29H,3,20H2,1-2H3,(H,33,38)/t29-/m1/s1. The van der Waals surface area contributed by atoms with Crippen molar-refractivity contribution < 1.29 is 13.9 Å². The fraction of sp³-hybridized carbons (Fsp3) is 0.161. The van der Waals surface area contributed by atoms with Gasteiger partial charge in [-0.05, 0) is 60.5 Å². The van der Waals surface area contributed by atoms with Crippen molar-refractivity contribution in [3.05, 3.63) is 126 Å². The van der Waals surface area contributed by atoms with Crippen molar-refractivity contribution in [2.24, 2.45) is 0 Å². The van der Waals surface area contributed by atoms with Crippen LogP contribution in [0, 0.1) is 5.82 Å². The maximum absolute atomic E-state index is 14.1. The molecule has 0 spiro atoms. The number of hydrogen-bond acceptors (Lipinski definition) is 3. The molecule has 6 rings (SSSR count). The number of methoxy groups -OCH3 is 1. The van der Waals surface area contributed by atoms with E-state index in [1.54, 1.807) is 36.3 Å². The Bertz CT molecular complexity index is 1620. The van der Waals surface area contributed by atoms with Gasteiger partial charge in [0.1, 0.15) is 17.4 Å². The van der Waals surface area contributed by atoms with Gasteiger partial charge >= 0.3 is 6.03 Å². The largest absolute Gasteiger partial charge is 0.495 e. The summed E-state index contributed by atoms with van der Waals surface area (Å²) in [5.41, 5.74) is 5.03. The summed E-state index contributed by atoms with van der Waals surface area (Å²) in [5.74, 6) is 1.12. The van der Waals surface area contributed by atoms with E-state index in [0.717, 1.165) is 34.0 Å². The van der Waals surface area contributed by atoms with Gasteiger partial charge in [0.25, 0.3) is 0 Å². The Kier molecular flexibility index (Phi) is 6.36. The molecule has 0 aliphatic carbocycles. The molecule has 0 fully saturated rings. The van der Waals surface area contributed by atoms with Gasteiger partial charge in [-0.2, -0.15) is 5.10 Å². The van der Waals surface area contributed by atoms with Crippen LogP contribution in [0.25, 0.3) is 11.5 Å². The zero-order chi connectivity index (χ0) is 26.9. The number of para-hydroxylation sites is 3. The second-order valence-electron chi connectivity index (χ2n) is 9.37. The van der Waals surface area contributed by atoms with Crippen molar-refractivity contribution in [3.8, 4) is 17.3 Å². The Labute approximate surface area is 226 Å². The number of fused-ring (bicyclic) bond motifs is 3. The van der Waals surface area contributed by atoms with E-state index in [2.05, 4.69) is 16.8 Å². The van der Waals surface area contributed by atoms with E-state index in [-0.39, 0.29) is 11.8 Å². The minimum absolute atomic E-state index is 0.302. The lowest BCUT2D eigenvalue weighted by Crippen LogP contribution is -2.38. The Hall–Kier alpha value is -4.85.